The van der Waals surface area contributed by atoms with Crippen LogP contribution in [0.4, 0.5) is 0 Å². The van der Waals surface area contributed by atoms with E-state index in [0.717, 1.165) is 11.1 Å². The molecule has 0 aliphatic rings. The Labute approximate surface area is 162 Å². The van der Waals surface area contributed by atoms with Crippen molar-refractivity contribution in [1.29, 1.82) is 0 Å². The monoisotopic (exact) mass is 381 g/mol. The number of amides is 1. The minimum atomic E-state index is -0.534. The number of primary amides is 1. The Bertz CT molecular complexity index is 1020. The highest BCUT2D eigenvalue weighted by Gasteiger charge is 2.11. The minimum Gasteiger partial charge on any atom is -0.423 e. The number of carbonyl (C=O) groups is 1. The van der Waals surface area contributed by atoms with Crippen LogP contribution < -0.4 is 11.4 Å². The van der Waals surface area contributed by atoms with E-state index in [-0.39, 0.29) is 6.10 Å². The fraction of sp³-hybridized carbons (Fsp3) is 0.273. The molecule has 3 aromatic rings. The van der Waals surface area contributed by atoms with Gasteiger partial charge in [0.2, 0.25) is 5.91 Å². The molecular formula is C22H23NO5. The molecule has 0 saturated carbocycles. The highest BCUT2D eigenvalue weighted by molar-refractivity contribution is 6.00. The summed E-state index contributed by atoms with van der Waals surface area (Å²) in [5, 5.41) is 0.658. The molecule has 0 fully saturated rings. The van der Waals surface area contributed by atoms with Crippen molar-refractivity contribution in [3.8, 4) is 11.1 Å². The number of hydrogen-bond donors (Lipinski definition) is 1. The number of rotatable bonds is 8. The Morgan fingerprint density at radius 1 is 1.07 bits per heavy atom. The van der Waals surface area contributed by atoms with Crippen molar-refractivity contribution in [1.82, 2.24) is 0 Å². The van der Waals surface area contributed by atoms with Crippen LogP contribution in [0.25, 0.3) is 22.1 Å². The van der Waals surface area contributed by atoms with Crippen LogP contribution in [-0.4, -0.2) is 25.2 Å². The lowest BCUT2D eigenvalue weighted by Crippen LogP contribution is -2.10. The predicted octanol–water partition coefficient (Wildman–Crippen LogP) is 3.50. The molecule has 2 aromatic carbocycles. The van der Waals surface area contributed by atoms with Crippen LogP contribution >= 0.6 is 0 Å². The summed E-state index contributed by atoms with van der Waals surface area (Å²) in [6, 6.07) is 13.9. The van der Waals surface area contributed by atoms with Gasteiger partial charge in [0.05, 0.1) is 25.9 Å². The maximum absolute atomic E-state index is 11.9. The second-order valence-corrected chi connectivity index (χ2v) is 6.72. The molecule has 1 aromatic heterocycles. The second kappa shape index (κ2) is 8.82. The maximum Gasteiger partial charge on any atom is 0.336 e. The summed E-state index contributed by atoms with van der Waals surface area (Å²) in [4.78, 5) is 23.4. The normalized spacial score (nSPS) is 11.2. The number of benzene rings is 2. The molecule has 0 saturated heterocycles. The lowest BCUT2D eigenvalue weighted by Gasteiger charge is -2.10. The van der Waals surface area contributed by atoms with E-state index in [9.17, 15) is 9.59 Å². The summed E-state index contributed by atoms with van der Waals surface area (Å²) in [5.74, 6) is -0.534. The van der Waals surface area contributed by atoms with Crippen molar-refractivity contribution in [2.75, 3.05) is 13.2 Å². The maximum atomic E-state index is 11.9. The summed E-state index contributed by atoms with van der Waals surface area (Å²) < 4.78 is 16.3. The van der Waals surface area contributed by atoms with Crippen molar-refractivity contribution in [3.63, 3.8) is 0 Å². The van der Waals surface area contributed by atoms with Crippen molar-refractivity contribution >= 4 is 16.9 Å². The predicted molar refractivity (Wildman–Crippen MR) is 107 cm³/mol. The zero-order valence-electron chi connectivity index (χ0n) is 15.9. The van der Waals surface area contributed by atoms with E-state index < -0.39 is 11.5 Å². The van der Waals surface area contributed by atoms with Gasteiger partial charge in [-0.25, -0.2) is 4.79 Å². The van der Waals surface area contributed by atoms with Crippen molar-refractivity contribution in [2.24, 2.45) is 5.73 Å². The molecule has 0 spiro atoms. The highest BCUT2D eigenvalue weighted by Crippen LogP contribution is 2.28. The number of carbonyl (C=O) groups excluding carboxylic acids is 1. The van der Waals surface area contributed by atoms with Crippen LogP contribution in [0.15, 0.2) is 57.7 Å². The molecule has 1 amide bonds. The first kappa shape index (κ1) is 19.8. The number of nitrogens with two attached hydrogens (primary N) is 1. The third kappa shape index (κ3) is 4.85. The average molecular weight is 381 g/mol. The molecule has 28 heavy (non-hydrogen) atoms. The molecule has 0 bridgehead atoms. The number of hydrogen-bond acceptors (Lipinski definition) is 5. The Hall–Kier alpha value is -2.96. The van der Waals surface area contributed by atoms with Crippen molar-refractivity contribution < 1.29 is 18.7 Å². The van der Waals surface area contributed by atoms with E-state index in [1.165, 1.54) is 6.07 Å². The first-order valence-electron chi connectivity index (χ1n) is 9.10. The molecule has 146 valence electrons. The molecule has 0 aliphatic carbocycles. The number of ether oxygens (including phenoxy) is 2. The van der Waals surface area contributed by atoms with Crippen LogP contribution in [0.1, 0.15) is 29.8 Å². The smallest absolute Gasteiger partial charge is 0.336 e. The van der Waals surface area contributed by atoms with Crippen molar-refractivity contribution in [2.45, 2.75) is 26.6 Å². The average Bonchev–Trinajstić information content (AvgIpc) is 2.67. The Kier molecular flexibility index (Phi) is 6.23. The van der Waals surface area contributed by atoms with Gasteiger partial charge in [0, 0.05) is 17.0 Å². The molecular weight excluding hydrogens is 358 g/mol. The molecule has 3 rings (SSSR count). The van der Waals surface area contributed by atoms with Gasteiger partial charge in [-0.15, -0.1) is 0 Å². The van der Waals surface area contributed by atoms with Crippen LogP contribution in [0, 0.1) is 0 Å². The zero-order valence-corrected chi connectivity index (χ0v) is 15.9. The third-order valence-electron chi connectivity index (χ3n) is 4.24. The summed E-state index contributed by atoms with van der Waals surface area (Å²) >= 11 is 0. The molecule has 2 N–H and O–H groups in total. The van der Waals surface area contributed by atoms with E-state index in [1.54, 1.807) is 18.2 Å². The van der Waals surface area contributed by atoms with Crippen LogP contribution in [0.2, 0.25) is 0 Å². The lowest BCUT2D eigenvalue weighted by atomic mass is 9.99. The van der Waals surface area contributed by atoms with E-state index >= 15 is 0 Å². The fourth-order valence-corrected chi connectivity index (χ4v) is 2.87. The van der Waals surface area contributed by atoms with Crippen LogP contribution in [0.3, 0.4) is 0 Å². The molecule has 0 aliphatic heterocycles. The standard InChI is InChI=1S/C22H23NO5/c1-14(2)27-10-9-26-13-15-3-5-16(6-4-15)18-12-21(24)28-20-8-7-17(22(23)25)11-19(18)20/h3-8,11-12,14H,9-10,13H2,1-2H3,(H2,23,25). The fourth-order valence-electron chi connectivity index (χ4n) is 2.87. The highest BCUT2D eigenvalue weighted by atomic mass is 16.5. The Morgan fingerprint density at radius 2 is 1.82 bits per heavy atom. The van der Waals surface area contributed by atoms with Crippen LogP contribution in [0.5, 0.6) is 0 Å². The molecule has 0 unspecified atom stereocenters. The van der Waals surface area contributed by atoms with E-state index in [2.05, 4.69) is 0 Å². The van der Waals surface area contributed by atoms with E-state index in [0.29, 0.717) is 41.9 Å². The molecule has 0 atom stereocenters. The Morgan fingerprint density at radius 3 is 2.50 bits per heavy atom. The van der Waals surface area contributed by atoms with Crippen LogP contribution in [-0.2, 0) is 16.1 Å². The van der Waals surface area contributed by atoms with Gasteiger partial charge in [0.15, 0.2) is 0 Å². The van der Waals surface area contributed by atoms with Gasteiger partial charge >= 0.3 is 5.63 Å². The molecule has 6 nitrogen and oxygen atoms in total. The van der Waals surface area contributed by atoms with Gasteiger partial charge in [-0.3, -0.25) is 4.79 Å². The van der Waals surface area contributed by atoms with Gasteiger partial charge in [-0.2, -0.15) is 0 Å². The Balaban J connectivity index is 1.81. The van der Waals surface area contributed by atoms with Gasteiger partial charge in [-0.1, -0.05) is 24.3 Å². The quantitative estimate of drug-likeness (QED) is 0.476. The summed E-state index contributed by atoms with van der Waals surface area (Å²) in [5.41, 5.74) is 8.23. The van der Waals surface area contributed by atoms with Crippen molar-refractivity contribution in [3.05, 3.63) is 70.1 Å². The summed E-state index contributed by atoms with van der Waals surface area (Å²) in [6.07, 6.45) is 0.191. The van der Waals surface area contributed by atoms with E-state index in [1.807, 2.05) is 38.1 Å². The zero-order chi connectivity index (χ0) is 20.1. The first-order chi connectivity index (χ1) is 13.4. The van der Waals surface area contributed by atoms with E-state index in [4.69, 9.17) is 19.6 Å². The van der Waals surface area contributed by atoms with Gasteiger partial charge < -0.3 is 19.6 Å². The van der Waals surface area contributed by atoms with Gasteiger partial charge in [0.25, 0.3) is 0 Å². The number of fused-ring (bicyclic) bond motifs is 1. The minimum absolute atomic E-state index is 0.191. The first-order valence-corrected chi connectivity index (χ1v) is 9.10. The topological polar surface area (TPSA) is 91.8 Å². The molecule has 6 heteroatoms. The van der Waals surface area contributed by atoms with Gasteiger partial charge in [0.1, 0.15) is 5.58 Å². The summed E-state index contributed by atoms with van der Waals surface area (Å²) in [6.45, 7) is 5.53. The summed E-state index contributed by atoms with van der Waals surface area (Å²) in [7, 11) is 0. The second-order valence-electron chi connectivity index (χ2n) is 6.72. The largest absolute Gasteiger partial charge is 0.423 e. The molecule has 1 heterocycles. The van der Waals surface area contributed by atoms with Gasteiger partial charge in [-0.05, 0) is 48.7 Å². The molecule has 0 radical (unpaired) electrons. The lowest BCUT2D eigenvalue weighted by molar-refractivity contribution is 0.0143. The SMILES string of the molecule is CC(C)OCCOCc1ccc(-c2cc(=O)oc3ccc(C(N)=O)cc23)cc1. The third-order valence-corrected chi connectivity index (χ3v) is 4.24.